The number of aromatic hydroxyl groups is 2. The van der Waals surface area contributed by atoms with Gasteiger partial charge in [0.05, 0.1) is 24.3 Å². The number of carboxylic acids is 1. The highest BCUT2D eigenvalue weighted by Crippen LogP contribution is 2.33. The van der Waals surface area contributed by atoms with Gasteiger partial charge in [-0.05, 0) is 37.6 Å². The number of carbonyl (C=O) groups is 2. The monoisotopic (exact) mass is 388 g/mol. The Hall–Kier alpha value is -3.22. The van der Waals surface area contributed by atoms with Gasteiger partial charge in [0.2, 0.25) is 0 Å². The quantitative estimate of drug-likeness (QED) is 0.419. The molecule has 0 unspecified atom stereocenters. The molecule has 0 aliphatic carbocycles. The zero-order valence-corrected chi connectivity index (χ0v) is 15.9. The van der Waals surface area contributed by atoms with Crippen molar-refractivity contribution in [2.24, 2.45) is 0 Å². The van der Waals surface area contributed by atoms with Crippen LogP contribution in [-0.2, 0) is 6.42 Å². The lowest BCUT2D eigenvalue weighted by molar-refractivity contribution is 0.0695. The molecule has 28 heavy (non-hydrogen) atoms. The molecule has 0 saturated heterocycles. The molecule has 3 N–H and O–H groups in total. The molecule has 0 amide bonds. The van der Waals surface area contributed by atoms with Crippen molar-refractivity contribution >= 4 is 11.8 Å². The molecule has 7 heteroatoms. The van der Waals surface area contributed by atoms with E-state index < -0.39 is 5.97 Å². The van der Waals surface area contributed by atoms with Gasteiger partial charge in [0.25, 0.3) is 0 Å². The minimum atomic E-state index is -1.15. The summed E-state index contributed by atoms with van der Waals surface area (Å²) in [5, 5.41) is 28.9. The van der Waals surface area contributed by atoms with Gasteiger partial charge in [0, 0.05) is 18.1 Å². The number of ketones is 1. The zero-order valence-electron chi connectivity index (χ0n) is 15.9. The Morgan fingerprint density at radius 3 is 2.39 bits per heavy atom. The third-order valence-electron chi connectivity index (χ3n) is 4.07. The number of Topliss-reactive ketones (excluding diaryl/α,β-unsaturated/α-hetero) is 1. The number of rotatable bonds is 10. The molecule has 0 radical (unpaired) electrons. The Labute approximate surface area is 163 Å². The Kier molecular flexibility index (Phi) is 7.26. The van der Waals surface area contributed by atoms with E-state index in [1.807, 2.05) is 6.92 Å². The lowest BCUT2D eigenvalue weighted by Crippen LogP contribution is -2.07. The molecule has 0 aliphatic heterocycles. The van der Waals surface area contributed by atoms with Crippen LogP contribution in [0.15, 0.2) is 30.3 Å². The molecule has 150 valence electrons. The van der Waals surface area contributed by atoms with E-state index in [0.717, 1.165) is 12.5 Å². The third-order valence-corrected chi connectivity index (χ3v) is 4.07. The summed E-state index contributed by atoms with van der Waals surface area (Å²) in [7, 11) is 0. The average Bonchev–Trinajstić information content (AvgIpc) is 2.63. The van der Waals surface area contributed by atoms with Gasteiger partial charge >= 0.3 is 5.97 Å². The standard InChI is InChI=1S/C21H24O7/c1-3-5-18-19(7-6-17(13(2)22)20(18)24)28-9-4-8-27-16-11-14(21(25)26)10-15(23)12-16/h6-7,10-12,23-24H,3-5,8-9H2,1-2H3,(H,25,26). The second-order valence-electron chi connectivity index (χ2n) is 6.32. The molecule has 0 aliphatic rings. The van der Waals surface area contributed by atoms with Crippen molar-refractivity contribution < 1.29 is 34.4 Å². The zero-order chi connectivity index (χ0) is 20.7. The summed E-state index contributed by atoms with van der Waals surface area (Å²) in [6.07, 6.45) is 1.87. The molecule has 2 aromatic carbocycles. The molecule has 0 fully saturated rings. The number of benzene rings is 2. The predicted molar refractivity (Wildman–Crippen MR) is 103 cm³/mol. The van der Waals surface area contributed by atoms with E-state index in [1.54, 1.807) is 12.1 Å². The molecule has 0 spiro atoms. The average molecular weight is 388 g/mol. The number of carboxylic acid groups (broad SMARTS) is 1. The van der Waals surface area contributed by atoms with Crippen LogP contribution in [0.4, 0.5) is 0 Å². The van der Waals surface area contributed by atoms with Gasteiger partial charge in [-0.3, -0.25) is 4.79 Å². The molecule has 0 atom stereocenters. The molecule has 0 bridgehead atoms. The highest BCUT2D eigenvalue weighted by molar-refractivity contribution is 5.97. The number of ether oxygens (including phenoxy) is 2. The maximum atomic E-state index is 11.6. The fourth-order valence-corrected chi connectivity index (χ4v) is 2.75. The Bertz CT molecular complexity index is 858. The second-order valence-corrected chi connectivity index (χ2v) is 6.32. The van der Waals surface area contributed by atoms with E-state index in [0.29, 0.717) is 30.8 Å². The van der Waals surface area contributed by atoms with Gasteiger partial charge in [0.15, 0.2) is 5.78 Å². The maximum absolute atomic E-state index is 11.6. The highest BCUT2D eigenvalue weighted by atomic mass is 16.5. The van der Waals surface area contributed by atoms with Gasteiger partial charge in [-0.1, -0.05) is 13.3 Å². The van der Waals surface area contributed by atoms with Crippen LogP contribution in [-0.4, -0.2) is 40.3 Å². The molecule has 0 heterocycles. The predicted octanol–water partition coefficient (Wildman–Crippen LogP) is 3.80. The highest BCUT2D eigenvalue weighted by Gasteiger charge is 2.15. The molecule has 7 nitrogen and oxygen atoms in total. The first-order valence-electron chi connectivity index (χ1n) is 9.02. The van der Waals surface area contributed by atoms with Gasteiger partial charge in [-0.2, -0.15) is 0 Å². The lowest BCUT2D eigenvalue weighted by Gasteiger charge is -2.15. The van der Waals surface area contributed by atoms with Crippen molar-refractivity contribution in [2.75, 3.05) is 13.2 Å². The minimum Gasteiger partial charge on any atom is -0.508 e. The maximum Gasteiger partial charge on any atom is 0.335 e. The smallest absolute Gasteiger partial charge is 0.335 e. The normalized spacial score (nSPS) is 10.5. The van der Waals surface area contributed by atoms with Crippen LogP contribution in [0.25, 0.3) is 0 Å². The first-order chi connectivity index (χ1) is 13.3. The Morgan fingerprint density at radius 1 is 1.04 bits per heavy atom. The summed E-state index contributed by atoms with van der Waals surface area (Å²) in [5.41, 5.74) is 0.823. The van der Waals surface area contributed by atoms with Crippen LogP contribution in [0.2, 0.25) is 0 Å². The summed E-state index contributed by atoms with van der Waals surface area (Å²) in [6.45, 7) is 3.93. The molecular weight excluding hydrogens is 364 g/mol. The van der Waals surface area contributed by atoms with E-state index in [1.165, 1.54) is 19.1 Å². The first kappa shape index (κ1) is 21.1. The van der Waals surface area contributed by atoms with E-state index in [4.69, 9.17) is 14.6 Å². The summed E-state index contributed by atoms with van der Waals surface area (Å²) in [6, 6.07) is 7.04. The molecule has 0 saturated carbocycles. The van der Waals surface area contributed by atoms with Gasteiger partial charge in [0.1, 0.15) is 23.0 Å². The summed E-state index contributed by atoms with van der Waals surface area (Å²) < 4.78 is 11.2. The third kappa shape index (κ3) is 5.39. The van der Waals surface area contributed by atoms with Crippen LogP contribution < -0.4 is 9.47 Å². The minimum absolute atomic E-state index is 0.0379. The number of phenolic OH excluding ortho intramolecular Hbond substituents is 2. The van der Waals surface area contributed by atoms with E-state index >= 15 is 0 Å². The Balaban J connectivity index is 1.94. The van der Waals surface area contributed by atoms with E-state index in [-0.39, 0.29) is 40.8 Å². The van der Waals surface area contributed by atoms with Gasteiger partial charge in [-0.15, -0.1) is 0 Å². The van der Waals surface area contributed by atoms with Crippen molar-refractivity contribution in [2.45, 2.75) is 33.1 Å². The van der Waals surface area contributed by atoms with Crippen molar-refractivity contribution in [1.82, 2.24) is 0 Å². The van der Waals surface area contributed by atoms with Crippen LogP contribution in [0, 0.1) is 0 Å². The number of hydrogen-bond acceptors (Lipinski definition) is 6. The van der Waals surface area contributed by atoms with Crippen LogP contribution in [0.1, 0.15) is 53.0 Å². The van der Waals surface area contributed by atoms with Gasteiger partial charge in [-0.25, -0.2) is 4.79 Å². The second kappa shape index (κ2) is 9.64. The summed E-state index contributed by atoms with van der Waals surface area (Å²) >= 11 is 0. The topological polar surface area (TPSA) is 113 Å². The van der Waals surface area contributed by atoms with Crippen molar-refractivity contribution in [3.63, 3.8) is 0 Å². The van der Waals surface area contributed by atoms with Crippen molar-refractivity contribution in [1.29, 1.82) is 0 Å². The molecule has 2 rings (SSSR count). The first-order valence-corrected chi connectivity index (χ1v) is 9.02. The van der Waals surface area contributed by atoms with Gasteiger partial charge < -0.3 is 24.8 Å². The number of aromatic carboxylic acids is 1. The van der Waals surface area contributed by atoms with Crippen molar-refractivity contribution in [3.05, 3.63) is 47.0 Å². The number of phenols is 2. The van der Waals surface area contributed by atoms with Crippen molar-refractivity contribution in [3.8, 4) is 23.0 Å². The van der Waals surface area contributed by atoms with Crippen LogP contribution >= 0.6 is 0 Å². The number of carbonyl (C=O) groups excluding carboxylic acids is 1. The molecular formula is C21H24O7. The summed E-state index contributed by atoms with van der Waals surface area (Å²) in [5.74, 6) is -0.800. The Morgan fingerprint density at radius 2 is 1.75 bits per heavy atom. The van der Waals surface area contributed by atoms with E-state index in [9.17, 15) is 19.8 Å². The molecule has 2 aromatic rings. The summed E-state index contributed by atoms with van der Waals surface area (Å²) in [4.78, 5) is 22.6. The largest absolute Gasteiger partial charge is 0.508 e. The fourth-order valence-electron chi connectivity index (χ4n) is 2.75. The lowest BCUT2D eigenvalue weighted by atomic mass is 10.0. The van der Waals surface area contributed by atoms with E-state index in [2.05, 4.69) is 0 Å². The SMILES string of the molecule is CCCc1c(OCCCOc2cc(O)cc(C(=O)O)c2)ccc(C(C)=O)c1O. The van der Waals surface area contributed by atoms with Crippen LogP contribution in [0.3, 0.4) is 0 Å². The van der Waals surface area contributed by atoms with Crippen LogP contribution in [0.5, 0.6) is 23.0 Å². The fraction of sp³-hybridized carbons (Fsp3) is 0.333. The number of hydrogen-bond donors (Lipinski definition) is 3. The molecule has 0 aromatic heterocycles.